The normalized spacial score (nSPS) is 21.7. The summed E-state index contributed by atoms with van der Waals surface area (Å²) in [7, 11) is 0. The van der Waals surface area contributed by atoms with Crippen molar-refractivity contribution in [2.45, 2.75) is 19.4 Å². The van der Waals surface area contributed by atoms with E-state index in [0.29, 0.717) is 19.6 Å². The number of hydrogen-bond donors (Lipinski definition) is 3. The highest BCUT2D eigenvalue weighted by Gasteiger charge is 2.27. The molecule has 0 aromatic carbocycles. The zero-order valence-corrected chi connectivity index (χ0v) is 9.66. The molecule has 1 aliphatic heterocycles. The van der Waals surface area contributed by atoms with E-state index in [1.807, 2.05) is 11.8 Å². The first-order valence-electron chi connectivity index (χ1n) is 5.66. The highest BCUT2D eigenvalue weighted by atomic mass is 16.2. The van der Waals surface area contributed by atoms with Crippen molar-refractivity contribution in [1.82, 2.24) is 15.5 Å². The topological polar surface area (TPSA) is 87.5 Å². The molecule has 16 heavy (non-hydrogen) atoms. The Morgan fingerprint density at radius 1 is 1.56 bits per heavy atom. The fourth-order valence-electron chi connectivity index (χ4n) is 1.72. The first-order chi connectivity index (χ1) is 7.65. The van der Waals surface area contributed by atoms with Gasteiger partial charge < -0.3 is 16.4 Å². The Labute approximate surface area is 95.5 Å². The van der Waals surface area contributed by atoms with E-state index < -0.39 is 0 Å². The summed E-state index contributed by atoms with van der Waals surface area (Å²) in [6.45, 7) is 4.90. The number of piperazine rings is 1. The van der Waals surface area contributed by atoms with Gasteiger partial charge in [0.1, 0.15) is 6.04 Å². The van der Waals surface area contributed by atoms with E-state index in [1.54, 1.807) is 0 Å². The van der Waals surface area contributed by atoms with Crippen molar-refractivity contribution in [3.05, 3.63) is 0 Å². The molecule has 0 spiro atoms. The summed E-state index contributed by atoms with van der Waals surface area (Å²) < 4.78 is 0. The quantitative estimate of drug-likeness (QED) is 0.522. The summed E-state index contributed by atoms with van der Waals surface area (Å²) in [5.41, 5.74) is 5.28. The standard InChI is InChI=1S/C10H20N4O2/c1-2-3-13-9(15)7-14-5-4-12-6-8(14)10(11)16/h8,12H,2-7H2,1H3,(H2,11,16)(H,13,15). The number of nitrogens with one attached hydrogen (secondary N) is 2. The van der Waals surface area contributed by atoms with Gasteiger partial charge in [0.2, 0.25) is 11.8 Å². The molecule has 0 aliphatic carbocycles. The van der Waals surface area contributed by atoms with Crippen LogP contribution in [0.3, 0.4) is 0 Å². The monoisotopic (exact) mass is 228 g/mol. The molecule has 1 fully saturated rings. The van der Waals surface area contributed by atoms with Gasteiger partial charge in [0.15, 0.2) is 0 Å². The van der Waals surface area contributed by atoms with Crippen LogP contribution >= 0.6 is 0 Å². The first-order valence-corrected chi connectivity index (χ1v) is 5.66. The molecule has 92 valence electrons. The summed E-state index contributed by atoms with van der Waals surface area (Å²) in [5.74, 6) is -0.425. The third-order valence-electron chi connectivity index (χ3n) is 2.60. The summed E-state index contributed by atoms with van der Waals surface area (Å²) in [4.78, 5) is 24.5. The molecular weight excluding hydrogens is 208 g/mol. The fourth-order valence-corrected chi connectivity index (χ4v) is 1.72. The molecule has 1 heterocycles. The van der Waals surface area contributed by atoms with Gasteiger partial charge in [0.05, 0.1) is 6.54 Å². The smallest absolute Gasteiger partial charge is 0.236 e. The van der Waals surface area contributed by atoms with Crippen LogP contribution in [0, 0.1) is 0 Å². The summed E-state index contributed by atoms with van der Waals surface area (Å²) in [6, 6.07) is -0.374. The lowest BCUT2D eigenvalue weighted by atomic mass is 10.2. The second-order valence-corrected chi connectivity index (χ2v) is 3.94. The molecule has 0 bridgehead atoms. The molecule has 6 heteroatoms. The second kappa shape index (κ2) is 6.44. The van der Waals surface area contributed by atoms with Crippen LogP contribution in [0.15, 0.2) is 0 Å². The molecule has 0 saturated carbocycles. The average molecular weight is 228 g/mol. The van der Waals surface area contributed by atoms with E-state index in [9.17, 15) is 9.59 Å². The first kappa shape index (κ1) is 12.9. The minimum Gasteiger partial charge on any atom is -0.368 e. The minimum atomic E-state index is -0.379. The van der Waals surface area contributed by atoms with Crippen LogP contribution in [-0.2, 0) is 9.59 Å². The van der Waals surface area contributed by atoms with E-state index in [0.717, 1.165) is 13.0 Å². The van der Waals surface area contributed by atoms with Crippen molar-refractivity contribution >= 4 is 11.8 Å². The third-order valence-corrected chi connectivity index (χ3v) is 2.60. The molecule has 0 aromatic heterocycles. The van der Waals surface area contributed by atoms with E-state index in [4.69, 9.17) is 5.73 Å². The van der Waals surface area contributed by atoms with Crippen molar-refractivity contribution in [2.75, 3.05) is 32.7 Å². The SMILES string of the molecule is CCCNC(=O)CN1CCNCC1C(N)=O. The van der Waals surface area contributed by atoms with Crippen molar-refractivity contribution < 1.29 is 9.59 Å². The Bertz CT molecular complexity index is 257. The lowest BCUT2D eigenvalue weighted by molar-refractivity contribution is -0.127. The summed E-state index contributed by atoms with van der Waals surface area (Å²) in [5, 5.41) is 5.87. The van der Waals surface area contributed by atoms with Gasteiger partial charge in [-0.05, 0) is 6.42 Å². The maximum absolute atomic E-state index is 11.5. The number of hydrogen-bond acceptors (Lipinski definition) is 4. The van der Waals surface area contributed by atoms with Crippen molar-refractivity contribution in [3.8, 4) is 0 Å². The van der Waals surface area contributed by atoms with Gasteiger partial charge in [-0.2, -0.15) is 0 Å². The number of primary amides is 1. The molecule has 1 unspecified atom stereocenters. The molecule has 1 rings (SSSR count). The molecule has 1 aliphatic rings. The number of carbonyl (C=O) groups is 2. The Balaban J connectivity index is 2.43. The predicted octanol–water partition coefficient (Wildman–Crippen LogP) is -1.73. The van der Waals surface area contributed by atoms with Gasteiger partial charge in [0.25, 0.3) is 0 Å². The average Bonchev–Trinajstić information content (AvgIpc) is 2.27. The third kappa shape index (κ3) is 3.79. The van der Waals surface area contributed by atoms with Gasteiger partial charge in [0, 0.05) is 26.2 Å². The zero-order chi connectivity index (χ0) is 12.0. The number of nitrogens with two attached hydrogens (primary N) is 1. The zero-order valence-electron chi connectivity index (χ0n) is 9.66. The van der Waals surface area contributed by atoms with E-state index >= 15 is 0 Å². The van der Waals surface area contributed by atoms with Crippen LogP contribution in [0.25, 0.3) is 0 Å². The molecule has 1 atom stereocenters. The van der Waals surface area contributed by atoms with Gasteiger partial charge in [-0.1, -0.05) is 6.92 Å². The number of carbonyl (C=O) groups excluding carboxylic acids is 2. The fraction of sp³-hybridized carbons (Fsp3) is 0.800. The van der Waals surface area contributed by atoms with Gasteiger partial charge in [-0.15, -0.1) is 0 Å². The van der Waals surface area contributed by atoms with Crippen LogP contribution in [-0.4, -0.2) is 55.5 Å². The van der Waals surface area contributed by atoms with Crippen LogP contribution in [0.2, 0.25) is 0 Å². The molecule has 0 radical (unpaired) electrons. The molecular formula is C10H20N4O2. The maximum atomic E-state index is 11.5. The van der Waals surface area contributed by atoms with Crippen LogP contribution in [0.5, 0.6) is 0 Å². The summed E-state index contributed by atoms with van der Waals surface area (Å²) in [6.07, 6.45) is 0.909. The number of amides is 2. The van der Waals surface area contributed by atoms with Crippen molar-refractivity contribution in [2.24, 2.45) is 5.73 Å². The molecule has 0 aromatic rings. The largest absolute Gasteiger partial charge is 0.368 e. The summed E-state index contributed by atoms with van der Waals surface area (Å²) >= 11 is 0. The van der Waals surface area contributed by atoms with E-state index in [-0.39, 0.29) is 24.4 Å². The highest BCUT2D eigenvalue weighted by molar-refractivity contribution is 5.82. The Kier molecular flexibility index (Phi) is 5.21. The number of nitrogens with zero attached hydrogens (tertiary/aromatic N) is 1. The second-order valence-electron chi connectivity index (χ2n) is 3.94. The van der Waals surface area contributed by atoms with Crippen molar-refractivity contribution in [1.29, 1.82) is 0 Å². The highest BCUT2D eigenvalue weighted by Crippen LogP contribution is 2.01. The molecule has 1 saturated heterocycles. The van der Waals surface area contributed by atoms with Gasteiger partial charge in [-0.25, -0.2) is 0 Å². The van der Waals surface area contributed by atoms with Gasteiger partial charge >= 0.3 is 0 Å². The molecule has 6 nitrogen and oxygen atoms in total. The maximum Gasteiger partial charge on any atom is 0.236 e. The van der Waals surface area contributed by atoms with Crippen molar-refractivity contribution in [3.63, 3.8) is 0 Å². The Hall–Kier alpha value is -1.14. The van der Waals surface area contributed by atoms with Crippen LogP contribution in [0.4, 0.5) is 0 Å². The van der Waals surface area contributed by atoms with Crippen LogP contribution in [0.1, 0.15) is 13.3 Å². The van der Waals surface area contributed by atoms with E-state index in [1.165, 1.54) is 0 Å². The number of rotatable bonds is 5. The lowest BCUT2D eigenvalue weighted by Gasteiger charge is -2.33. The Morgan fingerprint density at radius 3 is 2.94 bits per heavy atom. The van der Waals surface area contributed by atoms with E-state index in [2.05, 4.69) is 10.6 Å². The predicted molar refractivity (Wildman–Crippen MR) is 60.7 cm³/mol. The Morgan fingerprint density at radius 2 is 2.31 bits per heavy atom. The van der Waals surface area contributed by atoms with Crippen LogP contribution < -0.4 is 16.4 Å². The lowest BCUT2D eigenvalue weighted by Crippen LogP contribution is -2.58. The molecule has 4 N–H and O–H groups in total. The van der Waals surface area contributed by atoms with Gasteiger partial charge in [-0.3, -0.25) is 14.5 Å². The molecule has 2 amide bonds. The minimum absolute atomic E-state index is 0.0463.